The van der Waals surface area contributed by atoms with Crippen molar-refractivity contribution in [3.63, 3.8) is 0 Å². The summed E-state index contributed by atoms with van der Waals surface area (Å²) < 4.78 is 15.8. The molecule has 24 heavy (non-hydrogen) atoms. The zero-order valence-corrected chi connectivity index (χ0v) is 14.9. The predicted molar refractivity (Wildman–Crippen MR) is 97.1 cm³/mol. The van der Waals surface area contributed by atoms with E-state index in [1.807, 2.05) is 18.2 Å². The third-order valence-corrected chi connectivity index (χ3v) is 4.74. The van der Waals surface area contributed by atoms with Gasteiger partial charge in [-0.3, -0.25) is 4.99 Å². The van der Waals surface area contributed by atoms with Crippen LogP contribution >= 0.6 is 0 Å². The van der Waals surface area contributed by atoms with Gasteiger partial charge in [0.15, 0.2) is 17.5 Å². The summed E-state index contributed by atoms with van der Waals surface area (Å²) in [6, 6.07) is 5.57. The Morgan fingerprint density at radius 1 is 1.17 bits per heavy atom. The topological polar surface area (TPSA) is 78.1 Å². The monoisotopic (exact) mass is 335 g/mol. The van der Waals surface area contributed by atoms with E-state index in [-0.39, 0.29) is 5.41 Å². The van der Waals surface area contributed by atoms with Gasteiger partial charge in [-0.05, 0) is 36.8 Å². The number of rotatable bonds is 8. The Morgan fingerprint density at radius 3 is 2.50 bits per heavy atom. The van der Waals surface area contributed by atoms with Crippen LogP contribution in [0.2, 0.25) is 0 Å². The highest BCUT2D eigenvalue weighted by atomic mass is 16.5. The molecule has 0 heterocycles. The lowest BCUT2D eigenvalue weighted by atomic mass is 9.83. The molecule has 1 aromatic rings. The first-order chi connectivity index (χ1) is 11.6. The Balaban J connectivity index is 2.00. The average molecular weight is 335 g/mol. The van der Waals surface area contributed by atoms with Crippen LogP contribution in [0.25, 0.3) is 0 Å². The SMILES string of the molecule is COCCC1(CN=C(N)Nc2ccc(OC)c(OC)c2)CCCC1. The normalized spacial score (nSPS) is 16.9. The molecule has 0 spiro atoms. The van der Waals surface area contributed by atoms with Gasteiger partial charge in [0, 0.05) is 32.0 Å². The smallest absolute Gasteiger partial charge is 0.193 e. The second-order valence-corrected chi connectivity index (χ2v) is 6.35. The van der Waals surface area contributed by atoms with Crippen molar-refractivity contribution in [2.45, 2.75) is 32.1 Å². The van der Waals surface area contributed by atoms with Crippen molar-refractivity contribution in [1.29, 1.82) is 0 Å². The van der Waals surface area contributed by atoms with Crippen molar-refractivity contribution in [1.82, 2.24) is 0 Å². The molecule has 1 fully saturated rings. The molecule has 6 nitrogen and oxygen atoms in total. The number of guanidine groups is 1. The van der Waals surface area contributed by atoms with Gasteiger partial charge in [0.2, 0.25) is 0 Å². The number of aliphatic imine (C=N–C) groups is 1. The number of nitrogens with one attached hydrogen (secondary N) is 1. The van der Waals surface area contributed by atoms with Gasteiger partial charge in [-0.25, -0.2) is 0 Å². The van der Waals surface area contributed by atoms with Gasteiger partial charge in [0.1, 0.15) is 0 Å². The zero-order chi connectivity index (χ0) is 17.4. The number of anilines is 1. The summed E-state index contributed by atoms with van der Waals surface area (Å²) >= 11 is 0. The van der Waals surface area contributed by atoms with E-state index >= 15 is 0 Å². The number of methoxy groups -OCH3 is 3. The van der Waals surface area contributed by atoms with Crippen molar-refractivity contribution in [3.8, 4) is 11.5 Å². The van der Waals surface area contributed by atoms with E-state index in [1.54, 1.807) is 21.3 Å². The molecule has 134 valence electrons. The number of hydrogen-bond acceptors (Lipinski definition) is 4. The standard InChI is InChI=1S/C18H29N3O3/c1-22-11-10-18(8-4-5-9-18)13-20-17(19)21-14-6-7-15(23-2)16(12-14)24-3/h6-7,12H,4-5,8-11,13H2,1-3H3,(H3,19,20,21). The van der Waals surface area contributed by atoms with Crippen LogP contribution in [-0.4, -0.2) is 40.4 Å². The van der Waals surface area contributed by atoms with Crippen LogP contribution in [0, 0.1) is 5.41 Å². The maximum Gasteiger partial charge on any atom is 0.193 e. The molecule has 3 N–H and O–H groups in total. The summed E-state index contributed by atoms with van der Waals surface area (Å²) in [5, 5.41) is 3.13. The van der Waals surface area contributed by atoms with E-state index in [0.717, 1.165) is 25.3 Å². The number of nitrogens with two attached hydrogens (primary N) is 1. The highest BCUT2D eigenvalue weighted by Gasteiger charge is 2.33. The number of hydrogen-bond donors (Lipinski definition) is 2. The van der Waals surface area contributed by atoms with Crippen molar-refractivity contribution >= 4 is 11.6 Å². The van der Waals surface area contributed by atoms with Crippen LogP contribution in [-0.2, 0) is 4.74 Å². The molecule has 0 aromatic heterocycles. The van der Waals surface area contributed by atoms with E-state index in [4.69, 9.17) is 19.9 Å². The minimum absolute atomic E-state index is 0.236. The fourth-order valence-electron chi connectivity index (χ4n) is 3.29. The largest absolute Gasteiger partial charge is 0.493 e. The summed E-state index contributed by atoms with van der Waals surface area (Å²) in [5.41, 5.74) is 7.13. The van der Waals surface area contributed by atoms with E-state index in [1.165, 1.54) is 25.7 Å². The fraction of sp³-hybridized carbons (Fsp3) is 0.611. The fourth-order valence-corrected chi connectivity index (χ4v) is 3.29. The molecule has 6 heteroatoms. The van der Waals surface area contributed by atoms with E-state index in [0.29, 0.717) is 17.5 Å². The lowest BCUT2D eigenvalue weighted by Gasteiger charge is -2.26. The second kappa shape index (κ2) is 8.78. The summed E-state index contributed by atoms with van der Waals surface area (Å²) in [5.74, 6) is 1.76. The molecule has 1 saturated carbocycles. The van der Waals surface area contributed by atoms with Gasteiger partial charge in [0.05, 0.1) is 14.2 Å². The van der Waals surface area contributed by atoms with Crippen LogP contribution in [0.3, 0.4) is 0 Å². The first-order valence-corrected chi connectivity index (χ1v) is 8.40. The van der Waals surface area contributed by atoms with Crippen molar-refractivity contribution < 1.29 is 14.2 Å². The van der Waals surface area contributed by atoms with Gasteiger partial charge >= 0.3 is 0 Å². The minimum Gasteiger partial charge on any atom is -0.493 e. The molecule has 2 rings (SSSR count). The lowest BCUT2D eigenvalue weighted by Crippen LogP contribution is -2.28. The molecule has 1 aliphatic carbocycles. The van der Waals surface area contributed by atoms with Crippen LogP contribution in [0.4, 0.5) is 5.69 Å². The van der Waals surface area contributed by atoms with Crippen molar-refractivity contribution in [2.24, 2.45) is 16.1 Å². The van der Waals surface area contributed by atoms with Gasteiger partial charge in [-0.15, -0.1) is 0 Å². The van der Waals surface area contributed by atoms with Gasteiger partial charge < -0.3 is 25.3 Å². The molecular formula is C18H29N3O3. The predicted octanol–water partition coefficient (Wildman–Crippen LogP) is 3.03. The molecule has 0 bridgehead atoms. The third kappa shape index (κ3) is 4.77. The molecule has 0 saturated heterocycles. The van der Waals surface area contributed by atoms with Gasteiger partial charge in [0.25, 0.3) is 0 Å². The summed E-state index contributed by atoms with van der Waals surface area (Å²) in [6.07, 6.45) is 5.97. The van der Waals surface area contributed by atoms with Crippen LogP contribution in [0.15, 0.2) is 23.2 Å². The highest BCUT2D eigenvalue weighted by molar-refractivity contribution is 5.92. The Labute approximate surface area is 144 Å². The Morgan fingerprint density at radius 2 is 1.88 bits per heavy atom. The third-order valence-electron chi connectivity index (χ3n) is 4.74. The Bertz CT molecular complexity index is 554. The Kier molecular flexibility index (Phi) is 6.73. The Hall–Kier alpha value is -1.95. The molecule has 0 atom stereocenters. The number of nitrogens with zero attached hydrogens (tertiary/aromatic N) is 1. The summed E-state index contributed by atoms with van der Waals surface area (Å²) in [7, 11) is 4.97. The van der Waals surface area contributed by atoms with E-state index < -0.39 is 0 Å². The molecule has 0 unspecified atom stereocenters. The maximum atomic E-state index is 6.07. The summed E-state index contributed by atoms with van der Waals surface area (Å²) in [6.45, 7) is 1.51. The van der Waals surface area contributed by atoms with Crippen LogP contribution in [0.1, 0.15) is 32.1 Å². The second-order valence-electron chi connectivity index (χ2n) is 6.35. The number of ether oxygens (including phenoxy) is 3. The zero-order valence-electron chi connectivity index (χ0n) is 14.9. The van der Waals surface area contributed by atoms with Gasteiger partial charge in [-0.2, -0.15) is 0 Å². The van der Waals surface area contributed by atoms with Crippen LogP contribution < -0.4 is 20.5 Å². The first-order valence-electron chi connectivity index (χ1n) is 8.40. The summed E-state index contributed by atoms with van der Waals surface area (Å²) in [4.78, 5) is 4.58. The van der Waals surface area contributed by atoms with Crippen LogP contribution in [0.5, 0.6) is 11.5 Å². The molecule has 1 aromatic carbocycles. The molecule has 0 radical (unpaired) electrons. The van der Waals surface area contributed by atoms with E-state index in [9.17, 15) is 0 Å². The molecular weight excluding hydrogens is 306 g/mol. The number of benzene rings is 1. The quantitative estimate of drug-likeness (QED) is 0.564. The van der Waals surface area contributed by atoms with E-state index in [2.05, 4.69) is 10.3 Å². The molecule has 0 amide bonds. The van der Waals surface area contributed by atoms with Gasteiger partial charge in [-0.1, -0.05) is 12.8 Å². The minimum atomic E-state index is 0.236. The maximum absolute atomic E-state index is 6.07. The lowest BCUT2D eigenvalue weighted by molar-refractivity contribution is 0.141. The molecule has 1 aliphatic rings. The average Bonchev–Trinajstić information content (AvgIpc) is 3.07. The highest BCUT2D eigenvalue weighted by Crippen LogP contribution is 2.41. The molecule has 0 aliphatic heterocycles. The first kappa shape index (κ1) is 18.4. The van der Waals surface area contributed by atoms with Crippen molar-refractivity contribution in [3.05, 3.63) is 18.2 Å². The van der Waals surface area contributed by atoms with Crippen molar-refractivity contribution in [2.75, 3.05) is 39.8 Å².